The summed E-state index contributed by atoms with van der Waals surface area (Å²) in [6.07, 6.45) is 0. The molecule has 18 heavy (non-hydrogen) atoms. The van der Waals surface area contributed by atoms with Gasteiger partial charge in [0.15, 0.2) is 17.5 Å². The van der Waals surface area contributed by atoms with Crippen molar-refractivity contribution in [2.75, 3.05) is 0 Å². The topological polar surface area (TPSA) is 26.3 Å². The first-order valence-electron chi connectivity index (χ1n) is 4.91. The molecule has 0 amide bonds. The number of esters is 1. The van der Waals surface area contributed by atoms with Crippen LogP contribution in [0.15, 0.2) is 36.4 Å². The van der Waals surface area contributed by atoms with E-state index in [4.69, 9.17) is 4.74 Å². The molecule has 0 aromatic heterocycles. The lowest BCUT2D eigenvalue weighted by molar-refractivity contribution is 0.0733. The van der Waals surface area contributed by atoms with E-state index in [1.165, 1.54) is 24.3 Å². The third-order valence-electron chi connectivity index (χ3n) is 2.12. The molecule has 0 N–H and O–H groups in total. The lowest BCUT2D eigenvalue weighted by Crippen LogP contribution is -2.09. The van der Waals surface area contributed by atoms with Crippen LogP contribution in [0, 0.1) is 23.5 Å². The highest BCUT2D eigenvalue weighted by molar-refractivity contribution is 5.90. The Kier molecular flexibility index (Phi) is 3.32. The third kappa shape index (κ3) is 2.51. The Bertz CT molecular complexity index is 559. The number of halogens is 3. The molecule has 0 aliphatic carbocycles. The molecule has 91 valence electrons. The number of carbonyl (C=O) groups is 1. The molecule has 0 atom stereocenters. The average Bonchev–Trinajstić information content (AvgIpc) is 2.37. The fraction of sp³-hybridized carbons (Fsp3) is 0. The van der Waals surface area contributed by atoms with E-state index in [-0.39, 0.29) is 5.56 Å². The Balaban J connectivity index is 2.23. The van der Waals surface area contributed by atoms with Crippen LogP contribution in [0.1, 0.15) is 10.4 Å². The molecule has 0 aliphatic heterocycles. The molecule has 2 aromatic rings. The van der Waals surface area contributed by atoms with Crippen LogP contribution in [0.25, 0.3) is 0 Å². The Morgan fingerprint density at radius 3 is 2.17 bits per heavy atom. The average molecular weight is 251 g/mol. The fourth-order valence-corrected chi connectivity index (χ4v) is 1.28. The van der Waals surface area contributed by atoms with E-state index < -0.39 is 29.2 Å². The highest BCUT2D eigenvalue weighted by Crippen LogP contribution is 2.20. The molecule has 2 nitrogen and oxygen atoms in total. The van der Waals surface area contributed by atoms with Crippen molar-refractivity contribution in [3.63, 3.8) is 0 Å². The van der Waals surface area contributed by atoms with Crippen molar-refractivity contribution in [2.45, 2.75) is 0 Å². The molecule has 2 aromatic carbocycles. The van der Waals surface area contributed by atoms with Crippen LogP contribution in [0.2, 0.25) is 0 Å². The lowest BCUT2D eigenvalue weighted by atomic mass is 10.2. The van der Waals surface area contributed by atoms with Crippen molar-refractivity contribution < 1.29 is 22.7 Å². The molecule has 0 fully saturated rings. The number of rotatable bonds is 2. The van der Waals surface area contributed by atoms with Crippen LogP contribution < -0.4 is 4.74 Å². The first-order chi connectivity index (χ1) is 8.58. The molecule has 0 unspecified atom stereocenters. The summed E-state index contributed by atoms with van der Waals surface area (Å²) in [7, 11) is 0. The number of carbonyl (C=O) groups excluding carboxylic acids is 1. The van der Waals surface area contributed by atoms with E-state index in [2.05, 4.69) is 6.07 Å². The summed E-state index contributed by atoms with van der Waals surface area (Å²) in [5.74, 6) is -5.64. The van der Waals surface area contributed by atoms with Gasteiger partial charge in [-0.1, -0.05) is 12.1 Å². The van der Waals surface area contributed by atoms with Crippen LogP contribution in [-0.2, 0) is 0 Å². The zero-order valence-electron chi connectivity index (χ0n) is 8.91. The van der Waals surface area contributed by atoms with Crippen molar-refractivity contribution in [3.8, 4) is 5.75 Å². The molecule has 1 radical (unpaired) electrons. The molecule has 0 aliphatic rings. The van der Waals surface area contributed by atoms with Crippen molar-refractivity contribution >= 4 is 5.97 Å². The Labute approximate surface area is 101 Å². The second kappa shape index (κ2) is 4.91. The summed E-state index contributed by atoms with van der Waals surface area (Å²) >= 11 is 0. The minimum absolute atomic E-state index is 0.193. The highest BCUT2D eigenvalue weighted by atomic mass is 19.2. The van der Waals surface area contributed by atoms with Gasteiger partial charge in [0.2, 0.25) is 0 Å². The normalized spacial score (nSPS) is 10.2. The van der Waals surface area contributed by atoms with Gasteiger partial charge in [-0.15, -0.1) is 0 Å². The van der Waals surface area contributed by atoms with Gasteiger partial charge in [-0.2, -0.15) is 0 Å². The van der Waals surface area contributed by atoms with Gasteiger partial charge in [-0.25, -0.2) is 18.0 Å². The van der Waals surface area contributed by atoms with Crippen LogP contribution in [-0.4, -0.2) is 5.97 Å². The molecular formula is C13H6F3O2. The second-order valence-electron chi connectivity index (χ2n) is 3.38. The monoisotopic (exact) mass is 251 g/mol. The molecule has 0 saturated carbocycles. The largest absolute Gasteiger partial charge is 0.423 e. The van der Waals surface area contributed by atoms with Crippen LogP contribution in [0.3, 0.4) is 0 Å². The van der Waals surface area contributed by atoms with Crippen molar-refractivity contribution in [2.24, 2.45) is 0 Å². The van der Waals surface area contributed by atoms with Gasteiger partial charge in [-0.05, 0) is 18.2 Å². The van der Waals surface area contributed by atoms with E-state index in [9.17, 15) is 18.0 Å². The fourth-order valence-electron chi connectivity index (χ4n) is 1.28. The quantitative estimate of drug-likeness (QED) is 0.465. The smallest absolute Gasteiger partial charge is 0.343 e. The van der Waals surface area contributed by atoms with Crippen LogP contribution in [0.4, 0.5) is 13.2 Å². The van der Waals surface area contributed by atoms with Gasteiger partial charge in [0.05, 0.1) is 5.56 Å². The summed E-state index contributed by atoms with van der Waals surface area (Å²) in [6, 6.07) is 9.74. The van der Waals surface area contributed by atoms with E-state index in [1.54, 1.807) is 0 Å². The first-order valence-corrected chi connectivity index (χ1v) is 4.91. The van der Waals surface area contributed by atoms with E-state index >= 15 is 0 Å². The van der Waals surface area contributed by atoms with Crippen molar-refractivity contribution in [1.82, 2.24) is 0 Å². The van der Waals surface area contributed by atoms with E-state index in [1.807, 2.05) is 0 Å². The number of benzene rings is 2. The Morgan fingerprint density at radius 1 is 1.06 bits per heavy atom. The van der Waals surface area contributed by atoms with Gasteiger partial charge >= 0.3 is 5.97 Å². The third-order valence-corrected chi connectivity index (χ3v) is 2.12. The number of hydrogen-bond donors (Lipinski definition) is 0. The Hall–Kier alpha value is -2.30. The number of ether oxygens (including phenoxy) is 1. The molecule has 0 heterocycles. The van der Waals surface area contributed by atoms with Gasteiger partial charge in [0.25, 0.3) is 0 Å². The van der Waals surface area contributed by atoms with Gasteiger partial charge in [0.1, 0.15) is 5.75 Å². The lowest BCUT2D eigenvalue weighted by Gasteiger charge is -2.05. The molecule has 0 saturated heterocycles. The zero-order valence-corrected chi connectivity index (χ0v) is 8.91. The summed E-state index contributed by atoms with van der Waals surface area (Å²) in [6.45, 7) is 0. The van der Waals surface area contributed by atoms with Crippen molar-refractivity contribution in [3.05, 3.63) is 65.5 Å². The van der Waals surface area contributed by atoms with Crippen molar-refractivity contribution in [1.29, 1.82) is 0 Å². The first kappa shape index (κ1) is 12.2. The van der Waals surface area contributed by atoms with Gasteiger partial charge in [0, 0.05) is 12.1 Å². The maximum absolute atomic E-state index is 12.9. The van der Waals surface area contributed by atoms with Crippen LogP contribution in [0.5, 0.6) is 5.75 Å². The molecule has 0 spiro atoms. The molecular weight excluding hydrogens is 245 g/mol. The standard InChI is InChI=1S/C13H6F3O2/c14-10-6-9(7-11(15)12(10)16)18-13(17)8-4-2-1-3-5-8/h2-7H. The zero-order chi connectivity index (χ0) is 13.1. The molecule has 0 bridgehead atoms. The summed E-state index contributed by atoms with van der Waals surface area (Å²) in [5, 5.41) is 0. The molecule has 5 heteroatoms. The van der Waals surface area contributed by atoms with E-state index in [0.29, 0.717) is 12.1 Å². The maximum Gasteiger partial charge on any atom is 0.343 e. The molecule has 2 rings (SSSR count). The SMILES string of the molecule is O=C(Oc1cc(F)c(F)c(F)c1)c1cc[c]cc1. The van der Waals surface area contributed by atoms with Gasteiger partial charge < -0.3 is 4.74 Å². The second-order valence-corrected chi connectivity index (χ2v) is 3.38. The maximum atomic E-state index is 12.9. The van der Waals surface area contributed by atoms with Crippen LogP contribution >= 0.6 is 0 Å². The summed E-state index contributed by atoms with van der Waals surface area (Å²) in [4.78, 5) is 11.5. The summed E-state index contributed by atoms with van der Waals surface area (Å²) < 4.78 is 43.2. The number of hydrogen-bond acceptors (Lipinski definition) is 2. The predicted octanol–water partition coefficient (Wildman–Crippen LogP) is 3.12. The highest BCUT2D eigenvalue weighted by Gasteiger charge is 2.14. The summed E-state index contributed by atoms with van der Waals surface area (Å²) in [5.41, 5.74) is 0.193. The van der Waals surface area contributed by atoms with E-state index in [0.717, 1.165) is 0 Å². The Morgan fingerprint density at radius 2 is 1.61 bits per heavy atom. The minimum atomic E-state index is -1.61. The van der Waals surface area contributed by atoms with Gasteiger partial charge in [-0.3, -0.25) is 0 Å². The minimum Gasteiger partial charge on any atom is -0.423 e. The predicted molar refractivity (Wildman–Crippen MR) is 56.6 cm³/mol.